The molecule has 0 unspecified atom stereocenters. The van der Waals surface area contributed by atoms with Crippen molar-refractivity contribution in [3.63, 3.8) is 0 Å². The summed E-state index contributed by atoms with van der Waals surface area (Å²) in [5.41, 5.74) is 0.859. The summed E-state index contributed by atoms with van der Waals surface area (Å²) in [5, 5.41) is 3.06. The molecule has 0 saturated heterocycles. The number of nitrogens with zero attached hydrogens (tertiary/aromatic N) is 2. The van der Waals surface area contributed by atoms with Gasteiger partial charge >= 0.3 is 5.97 Å². The van der Waals surface area contributed by atoms with Gasteiger partial charge in [-0.3, -0.25) is 14.8 Å². The summed E-state index contributed by atoms with van der Waals surface area (Å²) in [6.45, 7) is 1.20. The Bertz CT molecular complexity index is 277. The molecule has 0 atom stereocenters. The number of hydrogen-bond acceptors (Lipinski definition) is 5. The lowest BCUT2D eigenvalue weighted by atomic mass is 10.4. The van der Waals surface area contributed by atoms with E-state index < -0.39 is 0 Å². The van der Waals surface area contributed by atoms with Gasteiger partial charge in [-0.25, -0.2) is 0 Å². The first-order valence-corrected chi connectivity index (χ1v) is 4.35. The lowest BCUT2D eigenvalue weighted by Gasteiger charge is -2.02. The van der Waals surface area contributed by atoms with E-state index in [1.165, 1.54) is 7.11 Å². The van der Waals surface area contributed by atoms with E-state index in [0.717, 1.165) is 5.69 Å². The third-order valence-electron chi connectivity index (χ3n) is 1.66. The zero-order valence-corrected chi connectivity index (χ0v) is 8.06. The monoisotopic (exact) mass is 195 g/mol. The fourth-order valence-electron chi connectivity index (χ4n) is 0.930. The van der Waals surface area contributed by atoms with Crippen LogP contribution in [-0.4, -0.2) is 29.6 Å². The highest BCUT2D eigenvalue weighted by atomic mass is 16.5. The van der Waals surface area contributed by atoms with Crippen molar-refractivity contribution in [1.29, 1.82) is 0 Å². The van der Waals surface area contributed by atoms with Gasteiger partial charge in [0, 0.05) is 31.7 Å². The van der Waals surface area contributed by atoms with Crippen LogP contribution in [0.15, 0.2) is 18.6 Å². The predicted octanol–water partition coefficient (Wildman–Crippen LogP) is 0.129. The van der Waals surface area contributed by atoms with Crippen LogP contribution in [0.1, 0.15) is 12.1 Å². The van der Waals surface area contributed by atoms with Crippen molar-refractivity contribution in [2.75, 3.05) is 13.7 Å². The second kappa shape index (κ2) is 6.04. The van der Waals surface area contributed by atoms with Gasteiger partial charge in [-0.2, -0.15) is 0 Å². The zero-order valence-electron chi connectivity index (χ0n) is 8.06. The molecule has 0 aliphatic rings. The predicted molar refractivity (Wildman–Crippen MR) is 50.4 cm³/mol. The number of carbonyl (C=O) groups excluding carboxylic acids is 1. The Kier molecular flexibility index (Phi) is 4.57. The third-order valence-corrected chi connectivity index (χ3v) is 1.66. The first-order valence-electron chi connectivity index (χ1n) is 4.35. The van der Waals surface area contributed by atoms with Crippen LogP contribution in [0.2, 0.25) is 0 Å². The molecular weight excluding hydrogens is 182 g/mol. The van der Waals surface area contributed by atoms with Crippen LogP contribution in [0, 0.1) is 0 Å². The van der Waals surface area contributed by atoms with E-state index in [4.69, 9.17) is 0 Å². The van der Waals surface area contributed by atoms with Crippen molar-refractivity contribution in [1.82, 2.24) is 15.3 Å². The highest BCUT2D eigenvalue weighted by molar-refractivity contribution is 5.69. The molecule has 5 nitrogen and oxygen atoms in total. The molecule has 14 heavy (non-hydrogen) atoms. The van der Waals surface area contributed by atoms with Gasteiger partial charge in [0.2, 0.25) is 0 Å². The summed E-state index contributed by atoms with van der Waals surface area (Å²) in [6, 6.07) is 0. The van der Waals surface area contributed by atoms with E-state index in [9.17, 15) is 4.79 Å². The quantitative estimate of drug-likeness (QED) is 0.534. The van der Waals surface area contributed by atoms with E-state index >= 15 is 0 Å². The van der Waals surface area contributed by atoms with E-state index in [-0.39, 0.29) is 5.97 Å². The highest BCUT2D eigenvalue weighted by Crippen LogP contribution is 1.89. The number of aromatic nitrogens is 2. The van der Waals surface area contributed by atoms with Gasteiger partial charge in [0.1, 0.15) is 0 Å². The molecule has 1 aromatic heterocycles. The average Bonchev–Trinajstić information content (AvgIpc) is 2.25. The molecule has 0 spiro atoms. The van der Waals surface area contributed by atoms with Crippen molar-refractivity contribution in [2.24, 2.45) is 0 Å². The molecule has 0 aliphatic heterocycles. The van der Waals surface area contributed by atoms with Crippen LogP contribution < -0.4 is 5.32 Å². The number of esters is 1. The lowest BCUT2D eigenvalue weighted by molar-refractivity contribution is -0.140. The second-order valence-electron chi connectivity index (χ2n) is 2.70. The van der Waals surface area contributed by atoms with Gasteiger partial charge in [-0.05, 0) is 0 Å². The smallest absolute Gasteiger partial charge is 0.306 e. The maximum absolute atomic E-state index is 10.7. The largest absolute Gasteiger partial charge is 0.469 e. The van der Waals surface area contributed by atoms with Crippen LogP contribution in [-0.2, 0) is 16.1 Å². The standard InChI is InChI=1S/C9H13N3O2/c1-14-9(13)2-3-10-6-8-7-11-4-5-12-8/h4-5,7,10H,2-3,6H2,1H3. The Labute approximate surface area is 82.5 Å². The van der Waals surface area contributed by atoms with Gasteiger partial charge in [0.25, 0.3) is 0 Å². The minimum absolute atomic E-state index is 0.211. The van der Waals surface area contributed by atoms with E-state index in [1.54, 1.807) is 18.6 Å². The second-order valence-corrected chi connectivity index (χ2v) is 2.70. The molecule has 1 N–H and O–H groups in total. The number of nitrogens with one attached hydrogen (secondary N) is 1. The minimum Gasteiger partial charge on any atom is -0.469 e. The van der Waals surface area contributed by atoms with E-state index in [2.05, 4.69) is 20.0 Å². The summed E-state index contributed by atoms with van der Waals surface area (Å²) in [6.07, 6.45) is 5.32. The fraction of sp³-hybridized carbons (Fsp3) is 0.444. The summed E-state index contributed by atoms with van der Waals surface area (Å²) < 4.78 is 4.50. The Hall–Kier alpha value is -1.49. The van der Waals surface area contributed by atoms with Crippen molar-refractivity contribution in [2.45, 2.75) is 13.0 Å². The van der Waals surface area contributed by atoms with Gasteiger partial charge in [-0.1, -0.05) is 0 Å². The van der Waals surface area contributed by atoms with E-state index in [1.807, 2.05) is 0 Å². The Morgan fingerprint density at radius 3 is 3.07 bits per heavy atom. The first-order chi connectivity index (χ1) is 6.83. The highest BCUT2D eigenvalue weighted by Gasteiger charge is 1.98. The lowest BCUT2D eigenvalue weighted by Crippen LogP contribution is -2.19. The summed E-state index contributed by atoms with van der Waals surface area (Å²) >= 11 is 0. The van der Waals surface area contributed by atoms with Crippen LogP contribution >= 0.6 is 0 Å². The molecule has 0 aliphatic carbocycles. The molecule has 1 rings (SSSR count). The fourth-order valence-corrected chi connectivity index (χ4v) is 0.930. The molecule has 1 aromatic rings. The topological polar surface area (TPSA) is 64.1 Å². The van der Waals surface area contributed by atoms with Crippen LogP contribution in [0.5, 0.6) is 0 Å². The Morgan fingerprint density at radius 2 is 2.43 bits per heavy atom. The molecule has 0 aromatic carbocycles. The SMILES string of the molecule is COC(=O)CCNCc1cnccn1. The van der Waals surface area contributed by atoms with Gasteiger partial charge < -0.3 is 10.1 Å². The van der Waals surface area contributed by atoms with Crippen molar-refractivity contribution in [3.8, 4) is 0 Å². The number of methoxy groups -OCH3 is 1. The van der Waals surface area contributed by atoms with Gasteiger partial charge in [0.15, 0.2) is 0 Å². The molecule has 0 saturated carbocycles. The summed E-state index contributed by atoms with van der Waals surface area (Å²) in [7, 11) is 1.38. The van der Waals surface area contributed by atoms with Gasteiger partial charge in [0.05, 0.1) is 19.2 Å². The number of rotatable bonds is 5. The Morgan fingerprint density at radius 1 is 1.57 bits per heavy atom. The molecule has 0 amide bonds. The minimum atomic E-state index is -0.211. The van der Waals surface area contributed by atoms with Crippen LogP contribution in [0.3, 0.4) is 0 Å². The molecule has 0 fully saturated rings. The van der Waals surface area contributed by atoms with E-state index in [0.29, 0.717) is 19.5 Å². The third kappa shape index (κ3) is 3.95. The molecular formula is C9H13N3O2. The first kappa shape index (κ1) is 10.6. The zero-order chi connectivity index (χ0) is 10.2. The van der Waals surface area contributed by atoms with Crippen molar-refractivity contribution in [3.05, 3.63) is 24.3 Å². The maximum atomic E-state index is 10.7. The summed E-state index contributed by atoms with van der Waals surface area (Å²) in [5.74, 6) is -0.211. The van der Waals surface area contributed by atoms with Crippen LogP contribution in [0.4, 0.5) is 0 Å². The Balaban J connectivity index is 2.13. The molecule has 5 heteroatoms. The van der Waals surface area contributed by atoms with Gasteiger partial charge in [-0.15, -0.1) is 0 Å². The molecule has 0 radical (unpaired) electrons. The number of ether oxygens (including phenoxy) is 1. The average molecular weight is 195 g/mol. The number of hydrogen-bond donors (Lipinski definition) is 1. The maximum Gasteiger partial charge on any atom is 0.306 e. The normalized spacial score (nSPS) is 9.79. The van der Waals surface area contributed by atoms with Crippen molar-refractivity contribution < 1.29 is 9.53 Å². The van der Waals surface area contributed by atoms with Crippen LogP contribution in [0.25, 0.3) is 0 Å². The molecule has 76 valence electrons. The molecule has 0 bridgehead atoms. The summed E-state index contributed by atoms with van der Waals surface area (Å²) in [4.78, 5) is 18.7. The number of carbonyl (C=O) groups is 1. The molecule has 1 heterocycles. The van der Waals surface area contributed by atoms with Crippen molar-refractivity contribution >= 4 is 5.97 Å².